The fraction of sp³-hybridized carbons (Fsp3) is 0.300. The van der Waals surface area contributed by atoms with Gasteiger partial charge in [0.25, 0.3) is 0 Å². The molecular weight excluding hydrogens is 239 g/mol. The number of halogens is 2. The first kappa shape index (κ1) is 12.3. The van der Waals surface area contributed by atoms with Crippen molar-refractivity contribution < 1.29 is 14.6 Å². The molecule has 0 heterocycles. The number of aliphatic hydroxyl groups is 1. The quantitative estimate of drug-likeness (QED) is 0.835. The first-order valence-corrected chi connectivity index (χ1v) is 4.99. The van der Waals surface area contributed by atoms with Crippen LogP contribution in [-0.4, -0.2) is 24.8 Å². The molecule has 0 aliphatic rings. The van der Waals surface area contributed by atoms with Gasteiger partial charge in [0.1, 0.15) is 5.92 Å². The molecule has 1 atom stereocenters. The average molecular weight is 249 g/mol. The molecular formula is C10H10Cl2O3. The lowest BCUT2D eigenvalue weighted by atomic mass is 10.0. The van der Waals surface area contributed by atoms with Crippen LogP contribution < -0.4 is 0 Å². The topological polar surface area (TPSA) is 46.5 Å². The number of carbonyl (C=O) groups is 1. The highest BCUT2D eigenvalue weighted by Crippen LogP contribution is 2.26. The molecule has 0 aliphatic heterocycles. The fourth-order valence-corrected chi connectivity index (χ4v) is 1.49. The molecule has 0 saturated heterocycles. The SMILES string of the molecule is COC(=O)[C@H](CO)c1ccc(Cl)c(Cl)c1. The van der Waals surface area contributed by atoms with Crippen molar-refractivity contribution in [2.45, 2.75) is 5.92 Å². The third kappa shape index (κ3) is 2.84. The number of hydrogen-bond acceptors (Lipinski definition) is 3. The number of methoxy groups -OCH3 is 1. The van der Waals surface area contributed by atoms with E-state index in [1.165, 1.54) is 7.11 Å². The summed E-state index contributed by atoms with van der Waals surface area (Å²) < 4.78 is 4.55. The Morgan fingerprint density at radius 1 is 1.47 bits per heavy atom. The summed E-state index contributed by atoms with van der Waals surface area (Å²) in [4.78, 5) is 11.3. The molecule has 3 nitrogen and oxygen atoms in total. The Bertz CT molecular complexity index is 366. The summed E-state index contributed by atoms with van der Waals surface area (Å²) in [6, 6.07) is 4.75. The summed E-state index contributed by atoms with van der Waals surface area (Å²) in [7, 11) is 1.27. The molecule has 0 fully saturated rings. The number of carbonyl (C=O) groups excluding carboxylic acids is 1. The highest BCUT2D eigenvalue weighted by Gasteiger charge is 2.20. The number of hydrogen-bond donors (Lipinski definition) is 1. The minimum absolute atomic E-state index is 0.329. The van der Waals surface area contributed by atoms with E-state index < -0.39 is 11.9 Å². The van der Waals surface area contributed by atoms with Crippen LogP contribution in [0.2, 0.25) is 10.0 Å². The van der Waals surface area contributed by atoms with Crippen LogP contribution in [0.25, 0.3) is 0 Å². The van der Waals surface area contributed by atoms with E-state index in [2.05, 4.69) is 4.74 Å². The maximum absolute atomic E-state index is 11.3. The van der Waals surface area contributed by atoms with Crippen LogP contribution in [0.15, 0.2) is 18.2 Å². The van der Waals surface area contributed by atoms with Gasteiger partial charge in [0.2, 0.25) is 0 Å². The number of esters is 1. The molecule has 5 heteroatoms. The van der Waals surface area contributed by atoms with Gasteiger partial charge in [-0.1, -0.05) is 29.3 Å². The Morgan fingerprint density at radius 2 is 2.13 bits per heavy atom. The van der Waals surface area contributed by atoms with Gasteiger partial charge in [-0.3, -0.25) is 4.79 Å². The molecule has 1 aromatic carbocycles. The van der Waals surface area contributed by atoms with E-state index in [0.29, 0.717) is 15.6 Å². The lowest BCUT2D eigenvalue weighted by molar-refractivity contribution is -0.143. The second kappa shape index (κ2) is 5.35. The lowest BCUT2D eigenvalue weighted by Crippen LogP contribution is -2.17. The normalized spacial score (nSPS) is 12.3. The highest BCUT2D eigenvalue weighted by atomic mass is 35.5. The van der Waals surface area contributed by atoms with Gasteiger partial charge in [-0.05, 0) is 17.7 Å². The number of benzene rings is 1. The largest absolute Gasteiger partial charge is 0.468 e. The van der Waals surface area contributed by atoms with E-state index in [1.54, 1.807) is 18.2 Å². The maximum atomic E-state index is 11.3. The maximum Gasteiger partial charge on any atom is 0.315 e. The van der Waals surface area contributed by atoms with Gasteiger partial charge in [0, 0.05) is 0 Å². The smallest absolute Gasteiger partial charge is 0.315 e. The Balaban J connectivity index is 3.02. The van der Waals surface area contributed by atoms with Gasteiger partial charge in [-0.25, -0.2) is 0 Å². The second-order valence-electron chi connectivity index (χ2n) is 2.93. The summed E-state index contributed by atoms with van der Waals surface area (Å²) in [5.74, 6) is -1.22. The molecule has 1 rings (SSSR count). The molecule has 15 heavy (non-hydrogen) atoms. The molecule has 0 aromatic heterocycles. The molecule has 82 valence electrons. The van der Waals surface area contributed by atoms with E-state index in [1.807, 2.05) is 0 Å². The summed E-state index contributed by atoms with van der Waals surface area (Å²) in [5.41, 5.74) is 0.582. The zero-order valence-corrected chi connectivity index (χ0v) is 9.55. The number of aliphatic hydroxyl groups excluding tert-OH is 1. The van der Waals surface area contributed by atoms with Crippen LogP contribution >= 0.6 is 23.2 Å². The third-order valence-electron chi connectivity index (χ3n) is 2.01. The van der Waals surface area contributed by atoms with Crippen LogP contribution in [0.3, 0.4) is 0 Å². The van der Waals surface area contributed by atoms with Crippen molar-refractivity contribution in [3.05, 3.63) is 33.8 Å². The minimum atomic E-state index is -0.718. The van der Waals surface area contributed by atoms with Gasteiger partial charge in [0.15, 0.2) is 0 Å². The van der Waals surface area contributed by atoms with Crippen LogP contribution in [0, 0.1) is 0 Å². The lowest BCUT2D eigenvalue weighted by Gasteiger charge is -2.12. The summed E-state index contributed by atoms with van der Waals surface area (Å²) in [5, 5.41) is 9.81. The monoisotopic (exact) mass is 248 g/mol. The average Bonchev–Trinajstić information content (AvgIpc) is 2.24. The Hall–Kier alpha value is -0.770. The first-order valence-electron chi connectivity index (χ1n) is 4.23. The number of rotatable bonds is 3. The van der Waals surface area contributed by atoms with Gasteiger partial charge in [-0.2, -0.15) is 0 Å². The highest BCUT2D eigenvalue weighted by molar-refractivity contribution is 6.42. The molecule has 1 N–H and O–H groups in total. The van der Waals surface area contributed by atoms with Gasteiger partial charge in [-0.15, -0.1) is 0 Å². The summed E-state index contributed by atoms with van der Waals surface area (Å²) in [6.45, 7) is -0.329. The van der Waals surface area contributed by atoms with E-state index in [0.717, 1.165) is 0 Å². The Kier molecular flexibility index (Phi) is 4.39. The Morgan fingerprint density at radius 3 is 2.60 bits per heavy atom. The van der Waals surface area contributed by atoms with Crippen LogP contribution in [-0.2, 0) is 9.53 Å². The van der Waals surface area contributed by atoms with Crippen LogP contribution in [0.4, 0.5) is 0 Å². The molecule has 0 bridgehead atoms. The van der Waals surface area contributed by atoms with Gasteiger partial charge >= 0.3 is 5.97 Å². The molecule has 0 saturated carbocycles. The van der Waals surface area contributed by atoms with Crippen molar-refractivity contribution in [3.63, 3.8) is 0 Å². The minimum Gasteiger partial charge on any atom is -0.468 e. The van der Waals surface area contributed by atoms with Crippen molar-refractivity contribution >= 4 is 29.2 Å². The van der Waals surface area contributed by atoms with Crippen LogP contribution in [0.5, 0.6) is 0 Å². The zero-order chi connectivity index (χ0) is 11.4. The van der Waals surface area contributed by atoms with E-state index >= 15 is 0 Å². The standard InChI is InChI=1S/C10H10Cl2O3/c1-15-10(14)7(5-13)6-2-3-8(11)9(12)4-6/h2-4,7,13H,5H2,1H3/t7-/m1/s1. The molecule has 0 aliphatic carbocycles. The first-order chi connectivity index (χ1) is 7.10. The van der Waals surface area contributed by atoms with Gasteiger partial charge < -0.3 is 9.84 Å². The zero-order valence-electron chi connectivity index (χ0n) is 8.04. The third-order valence-corrected chi connectivity index (χ3v) is 2.75. The molecule has 0 amide bonds. The molecule has 0 radical (unpaired) electrons. The number of ether oxygens (including phenoxy) is 1. The van der Waals surface area contributed by atoms with E-state index in [4.69, 9.17) is 28.3 Å². The van der Waals surface area contributed by atoms with Crippen molar-refractivity contribution in [3.8, 4) is 0 Å². The van der Waals surface area contributed by atoms with E-state index in [-0.39, 0.29) is 6.61 Å². The predicted octanol–water partition coefficient (Wildman–Crippen LogP) is 2.24. The van der Waals surface area contributed by atoms with Crippen molar-refractivity contribution in [2.24, 2.45) is 0 Å². The fourth-order valence-electron chi connectivity index (χ4n) is 1.19. The Labute approximate surface area is 97.6 Å². The van der Waals surface area contributed by atoms with Crippen molar-refractivity contribution in [1.29, 1.82) is 0 Å². The predicted molar refractivity (Wildman–Crippen MR) is 58.3 cm³/mol. The summed E-state index contributed by atoms with van der Waals surface area (Å²) in [6.07, 6.45) is 0. The molecule has 0 unspecified atom stereocenters. The second-order valence-corrected chi connectivity index (χ2v) is 3.75. The van der Waals surface area contributed by atoms with Gasteiger partial charge in [0.05, 0.1) is 23.8 Å². The van der Waals surface area contributed by atoms with Crippen molar-refractivity contribution in [2.75, 3.05) is 13.7 Å². The molecule has 1 aromatic rings. The van der Waals surface area contributed by atoms with E-state index in [9.17, 15) is 4.79 Å². The van der Waals surface area contributed by atoms with Crippen LogP contribution in [0.1, 0.15) is 11.5 Å². The summed E-state index contributed by atoms with van der Waals surface area (Å²) >= 11 is 11.5. The molecule has 0 spiro atoms. The van der Waals surface area contributed by atoms with Crippen molar-refractivity contribution in [1.82, 2.24) is 0 Å².